The van der Waals surface area contributed by atoms with Crippen LogP contribution < -0.4 is 21.3 Å². The third-order valence-corrected chi connectivity index (χ3v) is 6.90. The van der Waals surface area contributed by atoms with Gasteiger partial charge in [-0.05, 0) is 42.8 Å². The Balaban J connectivity index is 1.72. The summed E-state index contributed by atoms with van der Waals surface area (Å²) >= 11 is 1.23. The van der Waals surface area contributed by atoms with Gasteiger partial charge in [0.05, 0.1) is 24.0 Å². The zero-order chi connectivity index (χ0) is 24.7. The van der Waals surface area contributed by atoms with Crippen molar-refractivity contribution in [3.63, 3.8) is 0 Å². The molecule has 0 atom stereocenters. The summed E-state index contributed by atoms with van der Waals surface area (Å²) in [6.45, 7) is 1.24. The number of nitrogens with one attached hydrogen (secondary N) is 1. The van der Waals surface area contributed by atoms with Gasteiger partial charge in [-0.25, -0.2) is 13.8 Å². The minimum atomic E-state index is -0.732. The molecular weight excluding hydrogens is 469 g/mol. The normalized spacial score (nSPS) is 11.2. The van der Waals surface area contributed by atoms with Crippen molar-refractivity contribution in [2.45, 2.75) is 13.5 Å². The van der Waals surface area contributed by atoms with E-state index in [4.69, 9.17) is 4.74 Å². The summed E-state index contributed by atoms with van der Waals surface area (Å²) < 4.78 is 22.9. The van der Waals surface area contributed by atoms with Crippen LogP contribution in [0.4, 0.5) is 10.1 Å². The molecule has 0 aliphatic heterocycles. The van der Waals surface area contributed by atoms with Crippen molar-refractivity contribution in [2.75, 3.05) is 12.4 Å². The molecule has 2 aromatic heterocycles. The number of benzene rings is 3. The molecule has 35 heavy (non-hydrogen) atoms. The molecule has 1 N–H and O–H groups in total. The molecule has 0 aliphatic carbocycles. The lowest BCUT2D eigenvalue weighted by Gasteiger charge is -2.14. The second-order valence-corrected chi connectivity index (χ2v) is 9.02. The van der Waals surface area contributed by atoms with Gasteiger partial charge in [0.15, 0.2) is 0 Å². The molecule has 0 bridgehead atoms. The number of carbonyl (C=O) groups is 1. The quantitative estimate of drug-likeness (QED) is 0.395. The first-order valence-corrected chi connectivity index (χ1v) is 11.6. The van der Waals surface area contributed by atoms with Crippen molar-refractivity contribution in [2.24, 2.45) is 0 Å². The molecule has 5 aromatic rings. The Kier molecular flexibility index (Phi) is 5.70. The Hall–Kier alpha value is -4.24. The Morgan fingerprint density at radius 2 is 1.80 bits per heavy atom. The monoisotopic (exact) mass is 489 g/mol. The minimum absolute atomic E-state index is 0.0985. The zero-order valence-corrected chi connectivity index (χ0v) is 19.7. The first kappa shape index (κ1) is 22.5. The number of hydrogen-bond donors (Lipinski definition) is 1. The maximum absolute atomic E-state index is 14.3. The highest BCUT2D eigenvalue weighted by Crippen LogP contribution is 2.31. The second kappa shape index (κ2) is 8.84. The molecule has 0 aliphatic rings. The minimum Gasteiger partial charge on any atom is -0.495 e. The molecule has 0 spiro atoms. The van der Waals surface area contributed by atoms with Crippen molar-refractivity contribution in [3.8, 4) is 11.4 Å². The number of amides is 1. The molecule has 9 heteroatoms. The van der Waals surface area contributed by atoms with Gasteiger partial charge in [0.2, 0.25) is 5.91 Å². The Bertz CT molecular complexity index is 1740. The van der Waals surface area contributed by atoms with Gasteiger partial charge >= 0.3 is 5.69 Å². The summed E-state index contributed by atoms with van der Waals surface area (Å²) in [5, 5.41) is 3.45. The molecule has 0 fully saturated rings. The molecule has 2 heterocycles. The fourth-order valence-electron chi connectivity index (χ4n) is 4.03. The van der Waals surface area contributed by atoms with Crippen LogP contribution in [0.1, 0.15) is 5.56 Å². The maximum atomic E-state index is 14.3. The number of hydrogen-bond acceptors (Lipinski definition) is 5. The number of para-hydroxylation sites is 2. The average molecular weight is 490 g/mol. The number of thiophene rings is 1. The predicted molar refractivity (Wildman–Crippen MR) is 136 cm³/mol. The molecule has 3 aromatic carbocycles. The summed E-state index contributed by atoms with van der Waals surface area (Å²) in [7, 11) is 1.49. The van der Waals surface area contributed by atoms with Crippen molar-refractivity contribution in [3.05, 3.63) is 98.9 Å². The summed E-state index contributed by atoms with van der Waals surface area (Å²) in [5.41, 5.74) is 0.0240. The molecule has 176 valence electrons. The maximum Gasteiger partial charge on any atom is 0.336 e. The number of carbonyl (C=O) groups excluding carboxylic acids is 1. The predicted octanol–water partition coefficient (Wildman–Crippen LogP) is 4.46. The van der Waals surface area contributed by atoms with Crippen LogP contribution in [0, 0.1) is 12.7 Å². The molecular formula is C26H20FN3O4S. The standard InChI is InChI=1S/C26H20FN3O4S/c1-15-11-12-16(13-18(15)27)30-25(32)24-23(17-7-3-6-10-21(17)35-24)29(26(30)33)14-22(31)28-19-8-4-5-9-20(19)34-2/h3-13H,14H2,1-2H3,(H,28,31). The van der Waals surface area contributed by atoms with Crippen molar-refractivity contribution in [1.82, 2.24) is 9.13 Å². The molecule has 0 saturated heterocycles. The van der Waals surface area contributed by atoms with E-state index in [1.54, 1.807) is 43.3 Å². The molecule has 0 unspecified atom stereocenters. The van der Waals surface area contributed by atoms with Crippen LogP contribution in [0.3, 0.4) is 0 Å². The molecule has 7 nitrogen and oxygen atoms in total. The van der Waals surface area contributed by atoms with Crippen molar-refractivity contribution < 1.29 is 13.9 Å². The SMILES string of the molecule is COc1ccccc1NC(=O)Cn1c(=O)n(-c2ccc(C)c(F)c2)c(=O)c2sc3ccccc3c21. The van der Waals surface area contributed by atoms with Gasteiger partial charge in [-0.15, -0.1) is 11.3 Å². The van der Waals surface area contributed by atoms with Gasteiger partial charge in [-0.2, -0.15) is 0 Å². The van der Waals surface area contributed by atoms with Crippen molar-refractivity contribution in [1.29, 1.82) is 0 Å². The lowest BCUT2D eigenvalue weighted by molar-refractivity contribution is -0.116. The Labute approximate surface area is 202 Å². The summed E-state index contributed by atoms with van der Waals surface area (Å²) in [5.74, 6) is -0.543. The fraction of sp³-hybridized carbons (Fsp3) is 0.115. The highest BCUT2D eigenvalue weighted by atomic mass is 32.1. The highest BCUT2D eigenvalue weighted by molar-refractivity contribution is 7.25. The van der Waals surface area contributed by atoms with Crippen LogP contribution in [0.2, 0.25) is 0 Å². The van der Waals surface area contributed by atoms with E-state index in [1.165, 1.54) is 35.1 Å². The van der Waals surface area contributed by atoms with Crippen LogP contribution in [-0.2, 0) is 11.3 Å². The van der Waals surface area contributed by atoms with E-state index in [0.29, 0.717) is 32.6 Å². The van der Waals surface area contributed by atoms with Gasteiger partial charge in [-0.1, -0.05) is 36.4 Å². The Morgan fingerprint density at radius 1 is 1.06 bits per heavy atom. The van der Waals surface area contributed by atoms with Gasteiger partial charge in [0, 0.05) is 10.1 Å². The first-order valence-electron chi connectivity index (χ1n) is 10.8. The third-order valence-electron chi connectivity index (χ3n) is 5.76. The van der Waals surface area contributed by atoms with Gasteiger partial charge in [-0.3, -0.25) is 14.2 Å². The molecule has 5 rings (SSSR count). The number of halogens is 1. The van der Waals surface area contributed by atoms with Crippen LogP contribution in [0.15, 0.2) is 76.3 Å². The topological polar surface area (TPSA) is 82.3 Å². The average Bonchev–Trinajstić information content (AvgIpc) is 3.24. The highest BCUT2D eigenvalue weighted by Gasteiger charge is 2.21. The number of anilines is 1. The summed E-state index contributed by atoms with van der Waals surface area (Å²) in [6, 6.07) is 18.4. The number of fused-ring (bicyclic) bond motifs is 3. The van der Waals surface area contributed by atoms with E-state index in [-0.39, 0.29) is 12.2 Å². The second-order valence-electron chi connectivity index (χ2n) is 7.97. The van der Waals surface area contributed by atoms with E-state index in [2.05, 4.69) is 5.32 Å². The van der Waals surface area contributed by atoms with Crippen molar-refractivity contribution >= 4 is 43.2 Å². The van der Waals surface area contributed by atoms with Crippen LogP contribution in [-0.4, -0.2) is 22.2 Å². The molecule has 1 amide bonds. The van der Waals surface area contributed by atoms with Gasteiger partial charge in [0.1, 0.15) is 22.8 Å². The Morgan fingerprint density at radius 3 is 2.57 bits per heavy atom. The van der Waals surface area contributed by atoms with E-state index in [0.717, 1.165) is 15.3 Å². The van der Waals surface area contributed by atoms with E-state index < -0.39 is 23.0 Å². The lowest BCUT2D eigenvalue weighted by atomic mass is 10.2. The molecule has 0 radical (unpaired) electrons. The lowest BCUT2D eigenvalue weighted by Crippen LogP contribution is -2.40. The van der Waals surface area contributed by atoms with Crippen LogP contribution in [0.5, 0.6) is 5.75 Å². The van der Waals surface area contributed by atoms with E-state index >= 15 is 0 Å². The molecule has 0 saturated carbocycles. The van der Waals surface area contributed by atoms with E-state index in [9.17, 15) is 18.8 Å². The van der Waals surface area contributed by atoms with E-state index in [1.807, 2.05) is 12.1 Å². The largest absolute Gasteiger partial charge is 0.495 e. The number of rotatable bonds is 5. The number of aryl methyl sites for hydroxylation is 1. The van der Waals surface area contributed by atoms with Crippen LogP contribution in [0.25, 0.3) is 26.0 Å². The zero-order valence-electron chi connectivity index (χ0n) is 18.9. The van der Waals surface area contributed by atoms with Gasteiger partial charge in [0.25, 0.3) is 5.56 Å². The number of ether oxygens (including phenoxy) is 1. The summed E-state index contributed by atoms with van der Waals surface area (Å²) in [6.07, 6.45) is 0. The third kappa shape index (κ3) is 3.89. The smallest absolute Gasteiger partial charge is 0.336 e. The number of nitrogens with zero attached hydrogens (tertiary/aromatic N) is 2. The number of aromatic nitrogens is 2. The fourth-order valence-corrected chi connectivity index (χ4v) is 5.16. The van der Waals surface area contributed by atoms with Gasteiger partial charge < -0.3 is 10.1 Å². The number of methoxy groups -OCH3 is 1. The van der Waals surface area contributed by atoms with Crippen LogP contribution >= 0.6 is 11.3 Å². The first-order chi connectivity index (χ1) is 16.9. The summed E-state index contributed by atoms with van der Waals surface area (Å²) in [4.78, 5) is 40.2.